The Morgan fingerprint density at radius 1 is 0.872 bits per heavy atom. The Morgan fingerprint density at radius 2 is 1.44 bits per heavy atom. The lowest BCUT2D eigenvalue weighted by atomic mass is 9.60. The van der Waals surface area contributed by atoms with E-state index in [0.717, 1.165) is 12.8 Å². The lowest BCUT2D eigenvalue weighted by Crippen LogP contribution is -2.70. The highest BCUT2D eigenvalue weighted by molar-refractivity contribution is 6.21. The summed E-state index contributed by atoms with van der Waals surface area (Å²) in [7, 11) is 0. The van der Waals surface area contributed by atoms with Crippen LogP contribution in [0.4, 0.5) is 4.39 Å². The Hall–Kier alpha value is -0.960. The van der Waals surface area contributed by atoms with Gasteiger partial charge in [0.2, 0.25) is 11.8 Å². The van der Waals surface area contributed by atoms with Gasteiger partial charge in [-0.1, -0.05) is 27.7 Å². The molecule has 5 saturated carbocycles. The van der Waals surface area contributed by atoms with Gasteiger partial charge in [-0.05, 0) is 87.9 Å². The largest absolute Gasteiger partial charge is 0.391 e. The Balaban J connectivity index is 1.22. The van der Waals surface area contributed by atoms with Gasteiger partial charge in [-0.25, -0.2) is 4.39 Å². The molecule has 2 amide bonds. The van der Waals surface area contributed by atoms with Gasteiger partial charge in [0.05, 0.1) is 29.2 Å². The number of hydrogen-bond donors (Lipinski definition) is 3. The number of rotatable bonds is 10. The maximum atomic E-state index is 13.9. The van der Waals surface area contributed by atoms with E-state index < -0.39 is 28.7 Å². The molecule has 6 atom stereocenters. The van der Waals surface area contributed by atoms with Gasteiger partial charge in [-0.15, -0.1) is 11.6 Å². The highest BCUT2D eigenvalue weighted by Gasteiger charge is 2.55. The molecule has 5 unspecified atom stereocenters. The number of aliphatic hydroxyl groups is 1. The summed E-state index contributed by atoms with van der Waals surface area (Å²) in [5, 5.41) is 16.8. The minimum Gasteiger partial charge on any atom is -0.391 e. The molecule has 9 heteroatoms. The van der Waals surface area contributed by atoms with E-state index in [4.69, 9.17) is 21.1 Å². The lowest BCUT2D eigenvalue weighted by molar-refractivity contribution is -0.142. The fourth-order valence-electron chi connectivity index (χ4n) is 7.47. The van der Waals surface area contributed by atoms with Gasteiger partial charge in [0.25, 0.3) is 0 Å². The van der Waals surface area contributed by atoms with Crippen LogP contribution in [-0.2, 0) is 19.1 Å². The van der Waals surface area contributed by atoms with E-state index in [-0.39, 0.29) is 43.7 Å². The van der Waals surface area contributed by atoms with Crippen LogP contribution in [0.5, 0.6) is 0 Å². The van der Waals surface area contributed by atoms with Crippen LogP contribution < -0.4 is 10.6 Å². The van der Waals surface area contributed by atoms with Crippen molar-refractivity contribution in [1.29, 1.82) is 0 Å². The minimum absolute atomic E-state index is 0.0132. The van der Waals surface area contributed by atoms with Gasteiger partial charge in [-0.3, -0.25) is 9.59 Å². The number of alkyl halides is 2. The number of halogens is 2. The molecule has 5 aliphatic carbocycles. The van der Waals surface area contributed by atoms with Crippen molar-refractivity contribution < 1.29 is 28.6 Å². The summed E-state index contributed by atoms with van der Waals surface area (Å²) in [6.07, 6.45) is 5.50. The summed E-state index contributed by atoms with van der Waals surface area (Å²) >= 11 is 5.94. The molecule has 0 heterocycles. The van der Waals surface area contributed by atoms with Gasteiger partial charge in [-0.2, -0.15) is 0 Å². The third-order valence-electron chi connectivity index (χ3n) is 10.3. The van der Waals surface area contributed by atoms with E-state index in [0.29, 0.717) is 68.6 Å². The van der Waals surface area contributed by atoms with Crippen LogP contribution in [0.3, 0.4) is 0 Å². The van der Waals surface area contributed by atoms with Crippen LogP contribution in [0.25, 0.3) is 0 Å². The standard InChI is InChI=1S/C30H50ClFN2O5/c1-18(2)20-11-21(19(3)4)13-23(12-20)39-17-28(37)34-30-9-7-29(8-10-30,15-26(30)35)33-27(36)16-38-22-5-6-24(31)25(32)14-22/h18-26,35H,5-17H2,1-4H3,(H,33,36)(H,34,37)/t20?,21?,22?,23?,24?,25?,26-,29?,30?/m0/s1. The average molecular weight is 573 g/mol. The van der Waals surface area contributed by atoms with Crippen molar-refractivity contribution >= 4 is 23.4 Å². The van der Waals surface area contributed by atoms with Crippen LogP contribution >= 0.6 is 11.6 Å². The molecule has 39 heavy (non-hydrogen) atoms. The van der Waals surface area contributed by atoms with E-state index >= 15 is 0 Å². The molecule has 0 aromatic heterocycles. The van der Waals surface area contributed by atoms with E-state index in [2.05, 4.69) is 38.3 Å². The zero-order valence-electron chi connectivity index (χ0n) is 24.2. The van der Waals surface area contributed by atoms with Crippen molar-refractivity contribution in [2.45, 2.75) is 139 Å². The zero-order chi connectivity index (χ0) is 28.4. The molecule has 0 aromatic carbocycles. The van der Waals surface area contributed by atoms with Crippen molar-refractivity contribution in [3.05, 3.63) is 0 Å². The van der Waals surface area contributed by atoms with Crippen molar-refractivity contribution in [1.82, 2.24) is 10.6 Å². The van der Waals surface area contributed by atoms with Gasteiger partial charge in [0, 0.05) is 12.0 Å². The molecule has 2 bridgehead atoms. The molecule has 224 valence electrons. The van der Waals surface area contributed by atoms with E-state index in [9.17, 15) is 19.1 Å². The third-order valence-corrected chi connectivity index (χ3v) is 10.8. The molecular weight excluding hydrogens is 523 g/mol. The second-order valence-electron chi connectivity index (χ2n) is 13.7. The first kappa shape index (κ1) is 31.0. The Labute approximate surface area is 238 Å². The molecule has 5 aliphatic rings. The quantitative estimate of drug-likeness (QED) is 0.331. The third kappa shape index (κ3) is 7.66. The van der Waals surface area contributed by atoms with E-state index in [1.54, 1.807) is 0 Å². The molecule has 3 N–H and O–H groups in total. The Morgan fingerprint density at radius 3 is 1.97 bits per heavy atom. The molecule has 0 radical (unpaired) electrons. The monoisotopic (exact) mass is 572 g/mol. The van der Waals surface area contributed by atoms with E-state index in [1.807, 2.05) is 0 Å². The van der Waals surface area contributed by atoms with Crippen LogP contribution in [0.15, 0.2) is 0 Å². The minimum atomic E-state index is -1.11. The number of amides is 2. The summed E-state index contributed by atoms with van der Waals surface area (Å²) in [5.74, 6) is 2.02. The second kappa shape index (κ2) is 12.9. The van der Waals surface area contributed by atoms with Crippen molar-refractivity contribution in [3.8, 4) is 0 Å². The normalized spacial score (nSPS) is 40.6. The lowest BCUT2D eigenvalue weighted by Gasteiger charge is -2.56. The summed E-state index contributed by atoms with van der Waals surface area (Å²) in [5.41, 5.74) is -1.17. The molecule has 0 spiro atoms. The van der Waals surface area contributed by atoms with Crippen molar-refractivity contribution in [3.63, 3.8) is 0 Å². The van der Waals surface area contributed by atoms with Crippen LogP contribution in [0, 0.1) is 23.7 Å². The van der Waals surface area contributed by atoms with Crippen molar-refractivity contribution in [2.75, 3.05) is 13.2 Å². The smallest absolute Gasteiger partial charge is 0.246 e. The fraction of sp³-hybridized carbons (Fsp3) is 0.933. The molecule has 7 nitrogen and oxygen atoms in total. The zero-order valence-corrected chi connectivity index (χ0v) is 25.0. The van der Waals surface area contributed by atoms with Gasteiger partial charge in [0.15, 0.2) is 0 Å². The topological polar surface area (TPSA) is 96.9 Å². The van der Waals surface area contributed by atoms with Crippen molar-refractivity contribution in [2.24, 2.45) is 23.7 Å². The summed E-state index contributed by atoms with van der Waals surface area (Å²) in [6, 6.07) is 0. The first-order valence-electron chi connectivity index (χ1n) is 15.2. The molecule has 0 saturated heterocycles. The van der Waals surface area contributed by atoms with Gasteiger partial charge >= 0.3 is 0 Å². The summed E-state index contributed by atoms with van der Waals surface area (Å²) in [6.45, 7) is 8.97. The molecule has 5 rings (SSSR count). The fourth-order valence-corrected chi connectivity index (χ4v) is 7.69. The van der Waals surface area contributed by atoms with E-state index in [1.165, 1.54) is 6.42 Å². The predicted octanol–water partition coefficient (Wildman–Crippen LogP) is 4.66. The first-order chi connectivity index (χ1) is 18.4. The SMILES string of the molecule is CC(C)C1CC(OCC(=O)NC23CCC(NC(=O)COC4CCC(Cl)C(F)C4)(CC2)C[C@@H]3O)CC(C(C)C)C1. The number of aliphatic hydroxyl groups excluding tert-OH is 1. The van der Waals surface area contributed by atoms with Gasteiger partial charge in [0.1, 0.15) is 19.4 Å². The number of nitrogens with one attached hydrogen (secondary N) is 2. The first-order valence-corrected chi connectivity index (χ1v) is 15.7. The molecule has 0 aromatic rings. The highest BCUT2D eigenvalue weighted by atomic mass is 35.5. The molecule has 5 fully saturated rings. The number of ether oxygens (including phenoxy) is 2. The highest BCUT2D eigenvalue weighted by Crippen LogP contribution is 2.47. The van der Waals surface area contributed by atoms with Gasteiger partial charge < -0.3 is 25.2 Å². The maximum Gasteiger partial charge on any atom is 0.246 e. The average Bonchev–Trinajstić information content (AvgIpc) is 2.89. The summed E-state index contributed by atoms with van der Waals surface area (Å²) < 4.78 is 25.7. The van der Waals surface area contributed by atoms with Crippen LogP contribution in [0.2, 0.25) is 0 Å². The number of fused-ring (bicyclic) bond motifs is 3. The molecule has 0 aliphatic heterocycles. The summed E-state index contributed by atoms with van der Waals surface area (Å²) in [4.78, 5) is 25.7. The number of carbonyl (C=O) groups excluding carboxylic acids is 2. The van der Waals surface area contributed by atoms with Crippen LogP contribution in [-0.4, -0.2) is 71.1 Å². The number of carbonyl (C=O) groups is 2. The maximum absolute atomic E-state index is 13.9. The number of hydrogen-bond acceptors (Lipinski definition) is 5. The Kier molecular flexibility index (Phi) is 10.3. The second-order valence-corrected chi connectivity index (χ2v) is 14.2. The Bertz CT molecular complexity index is 833. The van der Waals surface area contributed by atoms with Crippen LogP contribution in [0.1, 0.15) is 98.3 Å². The predicted molar refractivity (Wildman–Crippen MR) is 149 cm³/mol. The molecular formula is C30H50ClFN2O5.